The van der Waals surface area contributed by atoms with Crippen molar-refractivity contribution >= 4 is 11.9 Å². The summed E-state index contributed by atoms with van der Waals surface area (Å²) in [5, 5.41) is 3.26. The lowest BCUT2D eigenvalue weighted by molar-refractivity contribution is -0.144. The maximum Gasteiger partial charge on any atom is 0.307 e. The molecule has 1 N–H and O–H groups in total. The molecule has 0 radical (unpaired) electrons. The minimum Gasteiger partial charge on any atom is -0.466 e. The SMILES string of the molecule is CCOC(=O)CCCCCCCCCNCCC(=O)OCC. The third kappa shape index (κ3) is 15.3. The molecule has 0 aliphatic heterocycles. The maximum atomic E-state index is 11.1. The molecule has 0 spiro atoms. The molecule has 22 heavy (non-hydrogen) atoms. The molecule has 0 fully saturated rings. The molecule has 5 heteroatoms. The van der Waals surface area contributed by atoms with E-state index in [0.29, 0.717) is 32.6 Å². The summed E-state index contributed by atoms with van der Waals surface area (Å²) < 4.78 is 9.74. The van der Waals surface area contributed by atoms with Crippen molar-refractivity contribution in [2.24, 2.45) is 0 Å². The second-order valence-corrected chi connectivity index (χ2v) is 5.33. The van der Waals surface area contributed by atoms with Crippen LogP contribution >= 0.6 is 0 Å². The zero-order valence-electron chi connectivity index (χ0n) is 14.3. The molecule has 0 aromatic carbocycles. The molecule has 5 nitrogen and oxygen atoms in total. The standard InChI is InChI=1S/C17H33NO4/c1-3-21-16(19)12-10-8-6-5-7-9-11-14-18-15-13-17(20)22-4-2/h18H,3-15H2,1-2H3. The lowest BCUT2D eigenvalue weighted by atomic mass is 10.1. The first-order valence-corrected chi connectivity index (χ1v) is 8.72. The summed E-state index contributed by atoms with van der Waals surface area (Å²) in [4.78, 5) is 22.2. The molecule has 130 valence electrons. The van der Waals surface area contributed by atoms with Gasteiger partial charge in [-0.05, 0) is 33.2 Å². The minimum absolute atomic E-state index is 0.0728. The molecular formula is C17H33NO4. The quantitative estimate of drug-likeness (QED) is 0.371. The van der Waals surface area contributed by atoms with Gasteiger partial charge in [0.15, 0.2) is 0 Å². The van der Waals surface area contributed by atoms with E-state index in [0.717, 1.165) is 25.8 Å². The van der Waals surface area contributed by atoms with Crippen LogP contribution in [0.25, 0.3) is 0 Å². The molecule has 0 saturated heterocycles. The van der Waals surface area contributed by atoms with Crippen LogP contribution in [-0.2, 0) is 19.1 Å². The van der Waals surface area contributed by atoms with Gasteiger partial charge in [-0.15, -0.1) is 0 Å². The molecule has 0 rings (SSSR count). The molecule has 0 aromatic heterocycles. The van der Waals surface area contributed by atoms with Gasteiger partial charge in [0.25, 0.3) is 0 Å². The van der Waals surface area contributed by atoms with Gasteiger partial charge in [0, 0.05) is 13.0 Å². The number of nitrogens with one attached hydrogen (secondary N) is 1. The Hall–Kier alpha value is -1.10. The molecule has 0 aromatic rings. The van der Waals surface area contributed by atoms with Crippen LogP contribution in [0.5, 0.6) is 0 Å². The Kier molecular flexibility index (Phi) is 15.5. The number of rotatable bonds is 15. The van der Waals surface area contributed by atoms with E-state index in [4.69, 9.17) is 9.47 Å². The molecule has 0 saturated carbocycles. The Morgan fingerprint density at radius 2 is 1.18 bits per heavy atom. The topological polar surface area (TPSA) is 64.6 Å². The smallest absolute Gasteiger partial charge is 0.307 e. The zero-order valence-corrected chi connectivity index (χ0v) is 14.3. The summed E-state index contributed by atoms with van der Waals surface area (Å²) in [6, 6.07) is 0. The second-order valence-electron chi connectivity index (χ2n) is 5.33. The van der Waals surface area contributed by atoms with E-state index in [1.165, 1.54) is 25.7 Å². The molecule has 0 unspecified atom stereocenters. The van der Waals surface area contributed by atoms with Gasteiger partial charge in [-0.1, -0.05) is 32.1 Å². The molecular weight excluding hydrogens is 282 g/mol. The van der Waals surface area contributed by atoms with E-state index in [-0.39, 0.29) is 11.9 Å². The van der Waals surface area contributed by atoms with Gasteiger partial charge in [-0.2, -0.15) is 0 Å². The lowest BCUT2D eigenvalue weighted by Gasteiger charge is -2.05. The Balaban J connectivity index is 3.11. The lowest BCUT2D eigenvalue weighted by Crippen LogP contribution is -2.20. The van der Waals surface area contributed by atoms with Crippen molar-refractivity contribution in [3.05, 3.63) is 0 Å². The predicted molar refractivity (Wildman–Crippen MR) is 87.7 cm³/mol. The number of carbonyl (C=O) groups excluding carboxylic acids is 2. The summed E-state index contributed by atoms with van der Waals surface area (Å²) in [6.07, 6.45) is 9.06. The van der Waals surface area contributed by atoms with Crippen LogP contribution < -0.4 is 5.32 Å². The predicted octanol–water partition coefficient (Wildman–Crippen LogP) is 3.21. The number of ether oxygens (including phenoxy) is 2. The van der Waals surface area contributed by atoms with Crippen molar-refractivity contribution in [1.82, 2.24) is 5.32 Å². The fraction of sp³-hybridized carbons (Fsp3) is 0.882. The van der Waals surface area contributed by atoms with Crippen molar-refractivity contribution < 1.29 is 19.1 Å². The van der Waals surface area contributed by atoms with Crippen LogP contribution in [0.4, 0.5) is 0 Å². The average Bonchev–Trinajstić information content (AvgIpc) is 2.49. The highest BCUT2D eigenvalue weighted by molar-refractivity contribution is 5.69. The normalized spacial score (nSPS) is 10.5. The number of esters is 2. The van der Waals surface area contributed by atoms with Crippen molar-refractivity contribution in [2.45, 2.75) is 71.6 Å². The molecule has 0 heterocycles. The Morgan fingerprint density at radius 3 is 1.77 bits per heavy atom. The molecule has 0 aliphatic carbocycles. The summed E-state index contributed by atoms with van der Waals surface area (Å²) in [6.45, 7) is 6.26. The van der Waals surface area contributed by atoms with Gasteiger partial charge in [-0.3, -0.25) is 9.59 Å². The van der Waals surface area contributed by atoms with Crippen molar-refractivity contribution in [3.8, 4) is 0 Å². The first-order valence-electron chi connectivity index (χ1n) is 8.72. The van der Waals surface area contributed by atoms with Crippen LogP contribution in [0.1, 0.15) is 71.6 Å². The minimum atomic E-state index is -0.127. The zero-order chi connectivity index (χ0) is 16.5. The summed E-state index contributed by atoms with van der Waals surface area (Å²) in [5.41, 5.74) is 0. The molecule has 0 aliphatic rings. The Morgan fingerprint density at radius 1 is 0.682 bits per heavy atom. The van der Waals surface area contributed by atoms with Crippen molar-refractivity contribution in [2.75, 3.05) is 26.3 Å². The van der Waals surface area contributed by atoms with Gasteiger partial charge < -0.3 is 14.8 Å². The van der Waals surface area contributed by atoms with Crippen LogP contribution in [0.3, 0.4) is 0 Å². The summed E-state index contributed by atoms with van der Waals surface area (Å²) >= 11 is 0. The monoisotopic (exact) mass is 315 g/mol. The fourth-order valence-electron chi connectivity index (χ4n) is 2.18. The summed E-state index contributed by atoms with van der Waals surface area (Å²) in [7, 11) is 0. The first kappa shape index (κ1) is 20.9. The van der Waals surface area contributed by atoms with Crippen LogP contribution in [0, 0.1) is 0 Å². The Labute approximate surface area is 135 Å². The van der Waals surface area contributed by atoms with E-state index in [1.807, 2.05) is 13.8 Å². The highest BCUT2D eigenvalue weighted by Gasteiger charge is 2.01. The van der Waals surface area contributed by atoms with Gasteiger partial charge in [0.05, 0.1) is 19.6 Å². The third-order valence-electron chi connectivity index (χ3n) is 3.35. The van der Waals surface area contributed by atoms with Gasteiger partial charge >= 0.3 is 11.9 Å². The number of hydrogen-bond donors (Lipinski definition) is 1. The van der Waals surface area contributed by atoms with Gasteiger partial charge in [0.1, 0.15) is 0 Å². The van der Waals surface area contributed by atoms with E-state index >= 15 is 0 Å². The fourth-order valence-corrected chi connectivity index (χ4v) is 2.18. The first-order chi connectivity index (χ1) is 10.7. The largest absolute Gasteiger partial charge is 0.466 e. The average molecular weight is 315 g/mol. The van der Waals surface area contributed by atoms with E-state index < -0.39 is 0 Å². The summed E-state index contributed by atoms with van der Waals surface area (Å²) in [5.74, 6) is -0.200. The van der Waals surface area contributed by atoms with Crippen LogP contribution in [0.15, 0.2) is 0 Å². The van der Waals surface area contributed by atoms with E-state index in [2.05, 4.69) is 5.32 Å². The van der Waals surface area contributed by atoms with E-state index in [9.17, 15) is 9.59 Å². The highest BCUT2D eigenvalue weighted by atomic mass is 16.5. The highest BCUT2D eigenvalue weighted by Crippen LogP contribution is 2.08. The van der Waals surface area contributed by atoms with Gasteiger partial charge in [-0.25, -0.2) is 0 Å². The number of carbonyl (C=O) groups is 2. The Bertz CT molecular complexity index is 254. The molecule has 0 bridgehead atoms. The van der Waals surface area contributed by atoms with Crippen LogP contribution in [-0.4, -0.2) is 38.2 Å². The molecule has 0 amide bonds. The molecule has 0 atom stereocenters. The number of hydrogen-bond acceptors (Lipinski definition) is 5. The van der Waals surface area contributed by atoms with E-state index in [1.54, 1.807) is 0 Å². The van der Waals surface area contributed by atoms with Gasteiger partial charge in [0.2, 0.25) is 0 Å². The van der Waals surface area contributed by atoms with Crippen molar-refractivity contribution in [3.63, 3.8) is 0 Å². The third-order valence-corrected chi connectivity index (χ3v) is 3.35. The second kappa shape index (κ2) is 16.3. The van der Waals surface area contributed by atoms with Crippen molar-refractivity contribution in [1.29, 1.82) is 0 Å². The van der Waals surface area contributed by atoms with Crippen LogP contribution in [0.2, 0.25) is 0 Å². The maximum absolute atomic E-state index is 11.1. The number of unbranched alkanes of at least 4 members (excludes halogenated alkanes) is 6.